The van der Waals surface area contributed by atoms with Crippen LogP contribution in [0.3, 0.4) is 0 Å². The number of hydrogen-bond donors (Lipinski definition) is 2. The van der Waals surface area contributed by atoms with Crippen LogP contribution in [-0.4, -0.2) is 25.4 Å². The number of halogens is 1. The maximum Gasteiger partial charge on any atom is 0.0940 e. The van der Waals surface area contributed by atoms with Crippen molar-refractivity contribution >= 4 is 33.9 Å². The molecule has 0 radical (unpaired) electrons. The third kappa shape index (κ3) is 2.98. The van der Waals surface area contributed by atoms with E-state index in [4.69, 9.17) is 15.3 Å². The van der Waals surface area contributed by atoms with Crippen LogP contribution in [0, 0.1) is 8.80 Å². The lowest BCUT2D eigenvalue weighted by molar-refractivity contribution is -0.103. The predicted octanol–water partition coefficient (Wildman–Crippen LogP) is 2.44. The summed E-state index contributed by atoms with van der Waals surface area (Å²) in [6, 6.07) is 2.45. The third-order valence-corrected chi connectivity index (χ3v) is 6.00. The van der Waals surface area contributed by atoms with E-state index >= 15 is 0 Å². The first-order valence-electron chi connectivity index (χ1n) is 6.64. The van der Waals surface area contributed by atoms with Gasteiger partial charge in [0, 0.05) is 25.7 Å². The molecule has 0 aliphatic carbocycles. The zero-order chi connectivity index (χ0) is 13.3. The molecule has 0 bridgehead atoms. The first kappa shape index (κ1) is 14.2. The summed E-state index contributed by atoms with van der Waals surface area (Å²) in [6.45, 7) is 2.37. The molecule has 1 aromatic heterocycles. The maximum absolute atomic E-state index is 6.00. The van der Waals surface area contributed by atoms with Crippen molar-refractivity contribution < 1.29 is 9.47 Å². The van der Waals surface area contributed by atoms with Crippen LogP contribution in [0.5, 0.6) is 0 Å². The standard InChI is InChI=1S/C13H19IN2O2S/c14-11-5-10(7-19-11)12(16-15)9-1-3-18-13(6-9)2-4-17-8-13/h5,7,9,12,16H,1-4,6,8,15H2. The second kappa shape index (κ2) is 5.95. The van der Waals surface area contributed by atoms with Crippen molar-refractivity contribution in [3.05, 3.63) is 19.9 Å². The summed E-state index contributed by atoms with van der Waals surface area (Å²) in [5, 5.41) is 2.21. The van der Waals surface area contributed by atoms with Gasteiger partial charge in [0.15, 0.2) is 0 Å². The molecule has 4 nitrogen and oxygen atoms in total. The van der Waals surface area contributed by atoms with Gasteiger partial charge in [-0.15, -0.1) is 11.3 Å². The van der Waals surface area contributed by atoms with Gasteiger partial charge in [0.1, 0.15) is 0 Å². The monoisotopic (exact) mass is 394 g/mol. The number of rotatable bonds is 3. The van der Waals surface area contributed by atoms with E-state index in [0.29, 0.717) is 5.92 Å². The quantitative estimate of drug-likeness (QED) is 0.470. The van der Waals surface area contributed by atoms with Crippen LogP contribution in [0.2, 0.25) is 0 Å². The maximum atomic E-state index is 6.00. The van der Waals surface area contributed by atoms with E-state index in [-0.39, 0.29) is 11.6 Å². The molecule has 0 saturated carbocycles. The molecular formula is C13H19IN2O2S. The van der Waals surface area contributed by atoms with Crippen LogP contribution in [0.1, 0.15) is 30.9 Å². The SMILES string of the molecule is NNC(c1csc(I)c1)C1CCOC2(CCOC2)C1. The normalized spacial score (nSPS) is 32.8. The Hall–Kier alpha value is 0.270. The first-order valence-corrected chi connectivity index (χ1v) is 8.60. The van der Waals surface area contributed by atoms with Crippen molar-refractivity contribution in [2.45, 2.75) is 30.9 Å². The van der Waals surface area contributed by atoms with E-state index in [1.54, 1.807) is 11.3 Å². The van der Waals surface area contributed by atoms with Gasteiger partial charge in [0.2, 0.25) is 0 Å². The summed E-state index contributed by atoms with van der Waals surface area (Å²) in [4.78, 5) is 0. The first-order chi connectivity index (χ1) is 9.22. The fourth-order valence-electron chi connectivity index (χ4n) is 3.20. The Balaban J connectivity index is 1.76. The summed E-state index contributed by atoms with van der Waals surface area (Å²) in [6.07, 6.45) is 3.11. The van der Waals surface area contributed by atoms with Crippen molar-refractivity contribution in [1.82, 2.24) is 5.43 Å². The van der Waals surface area contributed by atoms with Crippen LogP contribution in [0.15, 0.2) is 11.4 Å². The minimum absolute atomic E-state index is 0.0544. The molecule has 106 valence electrons. The molecule has 2 aliphatic rings. The molecule has 3 heterocycles. The molecule has 2 saturated heterocycles. The number of thiophene rings is 1. The third-order valence-electron chi connectivity index (χ3n) is 4.20. The van der Waals surface area contributed by atoms with E-state index < -0.39 is 0 Å². The second-order valence-corrected chi connectivity index (χ2v) is 8.22. The number of ether oxygens (including phenoxy) is 2. The highest BCUT2D eigenvalue weighted by molar-refractivity contribution is 14.1. The van der Waals surface area contributed by atoms with Gasteiger partial charge in [-0.2, -0.15) is 0 Å². The van der Waals surface area contributed by atoms with E-state index in [1.807, 2.05) is 0 Å². The van der Waals surface area contributed by atoms with Crippen LogP contribution >= 0.6 is 33.9 Å². The highest BCUT2D eigenvalue weighted by Gasteiger charge is 2.43. The molecular weight excluding hydrogens is 375 g/mol. The van der Waals surface area contributed by atoms with Gasteiger partial charge in [-0.05, 0) is 58.4 Å². The van der Waals surface area contributed by atoms with Gasteiger partial charge >= 0.3 is 0 Å². The molecule has 3 atom stereocenters. The molecule has 3 rings (SSSR count). The van der Waals surface area contributed by atoms with Crippen molar-refractivity contribution in [2.24, 2.45) is 11.8 Å². The number of hydrogen-bond acceptors (Lipinski definition) is 5. The highest BCUT2D eigenvalue weighted by atomic mass is 127. The lowest BCUT2D eigenvalue weighted by Gasteiger charge is -2.40. The largest absolute Gasteiger partial charge is 0.378 e. The fraction of sp³-hybridized carbons (Fsp3) is 0.692. The predicted molar refractivity (Wildman–Crippen MR) is 83.9 cm³/mol. The van der Waals surface area contributed by atoms with Crippen molar-refractivity contribution in [1.29, 1.82) is 0 Å². The molecule has 0 amide bonds. The van der Waals surface area contributed by atoms with Crippen LogP contribution in [0.25, 0.3) is 0 Å². The van der Waals surface area contributed by atoms with Crippen LogP contribution in [0.4, 0.5) is 0 Å². The highest BCUT2D eigenvalue weighted by Crippen LogP contribution is 2.41. The molecule has 3 unspecified atom stereocenters. The van der Waals surface area contributed by atoms with Crippen molar-refractivity contribution in [2.75, 3.05) is 19.8 Å². The summed E-state index contributed by atoms with van der Waals surface area (Å²) >= 11 is 4.13. The smallest absolute Gasteiger partial charge is 0.0940 e. The number of hydrazine groups is 1. The van der Waals surface area contributed by atoms with Gasteiger partial charge in [0.05, 0.1) is 15.1 Å². The molecule has 2 aliphatic heterocycles. The van der Waals surface area contributed by atoms with Gasteiger partial charge in [-0.1, -0.05) is 0 Å². The summed E-state index contributed by atoms with van der Waals surface area (Å²) in [7, 11) is 0. The van der Waals surface area contributed by atoms with Crippen molar-refractivity contribution in [3.8, 4) is 0 Å². The molecule has 3 N–H and O–H groups in total. The second-order valence-electron chi connectivity index (χ2n) is 5.42. The van der Waals surface area contributed by atoms with Crippen LogP contribution in [-0.2, 0) is 9.47 Å². The minimum atomic E-state index is -0.0544. The Morgan fingerprint density at radius 1 is 1.53 bits per heavy atom. The van der Waals surface area contributed by atoms with Gasteiger partial charge < -0.3 is 9.47 Å². The van der Waals surface area contributed by atoms with Gasteiger partial charge in [-0.3, -0.25) is 11.3 Å². The average Bonchev–Trinajstić information content (AvgIpc) is 3.01. The Morgan fingerprint density at radius 2 is 2.42 bits per heavy atom. The molecule has 1 spiro atoms. The van der Waals surface area contributed by atoms with E-state index in [2.05, 4.69) is 39.5 Å². The zero-order valence-corrected chi connectivity index (χ0v) is 13.7. The van der Waals surface area contributed by atoms with Gasteiger partial charge in [0.25, 0.3) is 0 Å². The van der Waals surface area contributed by atoms with Gasteiger partial charge in [-0.25, -0.2) is 0 Å². The molecule has 6 heteroatoms. The van der Waals surface area contributed by atoms with E-state index in [1.165, 1.54) is 8.45 Å². The fourth-order valence-corrected chi connectivity index (χ4v) is 4.61. The Kier molecular flexibility index (Phi) is 4.45. The lowest BCUT2D eigenvalue weighted by atomic mass is 9.79. The molecule has 1 aromatic rings. The Bertz CT molecular complexity index is 434. The van der Waals surface area contributed by atoms with Crippen LogP contribution < -0.4 is 11.3 Å². The summed E-state index contributed by atoms with van der Waals surface area (Å²) in [5.74, 6) is 6.33. The molecule has 0 aromatic carbocycles. The topological polar surface area (TPSA) is 56.5 Å². The summed E-state index contributed by atoms with van der Waals surface area (Å²) in [5.41, 5.74) is 4.26. The molecule has 2 fully saturated rings. The van der Waals surface area contributed by atoms with E-state index in [0.717, 1.165) is 39.1 Å². The van der Waals surface area contributed by atoms with Crippen molar-refractivity contribution in [3.63, 3.8) is 0 Å². The Labute approximate surface area is 131 Å². The molecule has 19 heavy (non-hydrogen) atoms. The Morgan fingerprint density at radius 3 is 3.05 bits per heavy atom. The lowest BCUT2D eigenvalue weighted by Crippen LogP contribution is -2.45. The number of nitrogens with one attached hydrogen (secondary N) is 1. The average molecular weight is 394 g/mol. The number of nitrogens with two attached hydrogens (primary N) is 1. The summed E-state index contributed by atoms with van der Waals surface area (Å²) < 4.78 is 12.8. The zero-order valence-electron chi connectivity index (χ0n) is 10.7. The minimum Gasteiger partial charge on any atom is -0.378 e. The van der Waals surface area contributed by atoms with E-state index in [9.17, 15) is 0 Å².